The summed E-state index contributed by atoms with van der Waals surface area (Å²) in [5.41, 5.74) is 0. The molecular weight excluding hydrogens is 196 g/mol. The minimum Gasteiger partial charge on any atom is -0.144 e. The quantitative estimate of drug-likeness (QED) is 0.687. The SMILES string of the molecule is Cc1ccc(/C=C/c2cccs2)s1. The van der Waals surface area contributed by atoms with Crippen molar-refractivity contribution in [2.45, 2.75) is 6.92 Å². The highest BCUT2D eigenvalue weighted by atomic mass is 32.1. The van der Waals surface area contributed by atoms with Crippen LogP contribution in [0.1, 0.15) is 14.6 Å². The van der Waals surface area contributed by atoms with Crippen molar-refractivity contribution < 1.29 is 0 Å². The van der Waals surface area contributed by atoms with Crippen LogP contribution in [0.5, 0.6) is 0 Å². The van der Waals surface area contributed by atoms with Gasteiger partial charge in [-0.15, -0.1) is 22.7 Å². The van der Waals surface area contributed by atoms with Crippen molar-refractivity contribution in [2.75, 3.05) is 0 Å². The first-order chi connectivity index (χ1) is 6.34. The predicted molar refractivity (Wildman–Crippen MR) is 62.3 cm³/mol. The second-order valence-corrected chi connectivity index (χ2v) is 5.10. The Hall–Kier alpha value is -0.860. The molecule has 0 aliphatic rings. The van der Waals surface area contributed by atoms with E-state index in [9.17, 15) is 0 Å². The van der Waals surface area contributed by atoms with E-state index in [0.717, 1.165) is 0 Å². The highest BCUT2D eigenvalue weighted by Gasteiger charge is 1.91. The van der Waals surface area contributed by atoms with Crippen LogP contribution in [-0.2, 0) is 0 Å². The van der Waals surface area contributed by atoms with Crippen LogP contribution in [0, 0.1) is 6.92 Å². The van der Waals surface area contributed by atoms with Crippen LogP contribution < -0.4 is 0 Å². The molecule has 2 heteroatoms. The molecule has 0 atom stereocenters. The summed E-state index contributed by atoms with van der Waals surface area (Å²) in [4.78, 5) is 4.00. The van der Waals surface area contributed by atoms with Gasteiger partial charge >= 0.3 is 0 Å². The van der Waals surface area contributed by atoms with Crippen molar-refractivity contribution in [3.05, 3.63) is 44.3 Å². The Morgan fingerprint density at radius 2 is 1.92 bits per heavy atom. The molecule has 0 amide bonds. The van der Waals surface area contributed by atoms with Gasteiger partial charge in [-0.05, 0) is 42.7 Å². The standard InChI is InChI=1S/C11H10S2/c1-9-4-5-11(13-9)7-6-10-3-2-8-12-10/h2-8H,1H3/b7-6+. The fourth-order valence-electron chi connectivity index (χ4n) is 1.09. The summed E-state index contributed by atoms with van der Waals surface area (Å²) in [5, 5.41) is 2.10. The van der Waals surface area contributed by atoms with E-state index in [1.807, 2.05) is 11.3 Å². The van der Waals surface area contributed by atoms with Gasteiger partial charge in [-0.1, -0.05) is 6.07 Å². The lowest BCUT2D eigenvalue weighted by atomic mass is 10.3. The van der Waals surface area contributed by atoms with Crippen LogP contribution in [0.15, 0.2) is 29.6 Å². The summed E-state index contributed by atoms with van der Waals surface area (Å²) in [6.07, 6.45) is 4.33. The molecule has 0 nitrogen and oxygen atoms in total. The van der Waals surface area contributed by atoms with E-state index >= 15 is 0 Å². The van der Waals surface area contributed by atoms with Gasteiger partial charge in [0, 0.05) is 14.6 Å². The van der Waals surface area contributed by atoms with E-state index in [1.54, 1.807) is 11.3 Å². The Morgan fingerprint density at radius 3 is 2.54 bits per heavy atom. The van der Waals surface area contributed by atoms with E-state index in [2.05, 4.69) is 48.7 Å². The third kappa shape index (κ3) is 2.29. The van der Waals surface area contributed by atoms with E-state index in [4.69, 9.17) is 0 Å². The molecule has 2 rings (SSSR count). The van der Waals surface area contributed by atoms with Crippen LogP contribution >= 0.6 is 22.7 Å². The molecule has 0 aliphatic heterocycles. The zero-order valence-corrected chi connectivity index (χ0v) is 8.99. The van der Waals surface area contributed by atoms with E-state index in [-0.39, 0.29) is 0 Å². The van der Waals surface area contributed by atoms with Crippen molar-refractivity contribution in [1.29, 1.82) is 0 Å². The largest absolute Gasteiger partial charge is 0.144 e. The zero-order chi connectivity index (χ0) is 9.10. The first-order valence-corrected chi connectivity index (χ1v) is 5.82. The molecule has 2 heterocycles. The third-order valence-electron chi connectivity index (χ3n) is 1.72. The molecule has 0 bridgehead atoms. The molecule has 2 aromatic rings. The molecule has 0 N–H and O–H groups in total. The van der Waals surface area contributed by atoms with Gasteiger partial charge in [-0.2, -0.15) is 0 Å². The number of thiophene rings is 2. The average molecular weight is 206 g/mol. The molecule has 0 spiro atoms. The zero-order valence-electron chi connectivity index (χ0n) is 7.36. The molecule has 13 heavy (non-hydrogen) atoms. The van der Waals surface area contributed by atoms with Gasteiger partial charge in [0.05, 0.1) is 0 Å². The molecule has 0 saturated heterocycles. The van der Waals surface area contributed by atoms with Gasteiger partial charge in [0.2, 0.25) is 0 Å². The fraction of sp³-hybridized carbons (Fsp3) is 0.0909. The van der Waals surface area contributed by atoms with Crippen LogP contribution in [0.2, 0.25) is 0 Å². The molecule has 0 radical (unpaired) electrons. The first kappa shape index (κ1) is 8.73. The second-order valence-electron chi connectivity index (χ2n) is 2.80. The monoisotopic (exact) mass is 206 g/mol. The van der Waals surface area contributed by atoms with Gasteiger partial charge in [0.1, 0.15) is 0 Å². The number of rotatable bonds is 2. The smallest absolute Gasteiger partial charge is 0.0273 e. The first-order valence-electron chi connectivity index (χ1n) is 4.12. The average Bonchev–Trinajstić information content (AvgIpc) is 2.71. The summed E-state index contributed by atoms with van der Waals surface area (Å²) >= 11 is 3.59. The Morgan fingerprint density at radius 1 is 1.08 bits per heavy atom. The van der Waals surface area contributed by atoms with E-state index in [1.165, 1.54) is 14.6 Å². The number of aryl methyl sites for hydroxylation is 1. The summed E-state index contributed by atoms with van der Waals surface area (Å²) in [7, 11) is 0. The van der Waals surface area contributed by atoms with Crippen LogP contribution in [-0.4, -0.2) is 0 Å². The van der Waals surface area contributed by atoms with E-state index < -0.39 is 0 Å². The highest BCUT2D eigenvalue weighted by Crippen LogP contribution is 2.19. The van der Waals surface area contributed by atoms with Gasteiger partial charge in [-0.3, -0.25) is 0 Å². The van der Waals surface area contributed by atoms with Gasteiger partial charge in [0.15, 0.2) is 0 Å². The Balaban J connectivity index is 2.14. The topological polar surface area (TPSA) is 0 Å². The number of hydrogen-bond acceptors (Lipinski definition) is 2. The maximum Gasteiger partial charge on any atom is 0.0273 e. The molecule has 0 saturated carbocycles. The van der Waals surface area contributed by atoms with Crippen LogP contribution in [0.3, 0.4) is 0 Å². The summed E-state index contributed by atoms with van der Waals surface area (Å²) in [5.74, 6) is 0. The number of hydrogen-bond donors (Lipinski definition) is 0. The van der Waals surface area contributed by atoms with Crippen molar-refractivity contribution in [3.8, 4) is 0 Å². The maximum absolute atomic E-state index is 2.17. The molecular formula is C11H10S2. The lowest BCUT2D eigenvalue weighted by Crippen LogP contribution is -1.57. The minimum absolute atomic E-state index is 1.31. The van der Waals surface area contributed by atoms with Crippen molar-refractivity contribution >= 4 is 34.8 Å². The summed E-state index contributed by atoms with van der Waals surface area (Å²) < 4.78 is 0. The molecule has 2 aromatic heterocycles. The lowest BCUT2D eigenvalue weighted by Gasteiger charge is -1.83. The van der Waals surface area contributed by atoms with Crippen molar-refractivity contribution in [1.82, 2.24) is 0 Å². The molecule has 0 aromatic carbocycles. The Labute approximate surface area is 86.2 Å². The Kier molecular flexibility index (Phi) is 2.62. The minimum atomic E-state index is 1.31. The molecule has 0 aliphatic carbocycles. The molecule has 0 unspecified atom stereocenters. The summed E-state index contributed by atoms with van der Waals surface area (Å²) in [6, 6.07) is 8.51. The highest BCUT2D eigenvalue weighted by molar-refractivity contribution is 7.13. The fourth-order valence-corrected chi connectivity index (χ4v) is 2.49. The third-order valence-corrected chi connectivity index (χ3v) is 3.52. The molecule has 66 valence electrons. The van der Waals surface area contributed by atoms with Crippen LogP contribution in [0.4, 0.5) is 0 Å². The Bertz CT molecular complexity index is 393. The van der Waals surface area contributed by atoms with E-state index in [0.29, 0.717) is 0 Å². The second kappa shape index (κ2) is 3.90. The lowest BCUT2D eigenvalue weighted by molar-refractivity contribution is 1.64. The molecule has 0 fully saturated rings. The van der Waals surface area contributed by atoms with Gasteiger partial charge in [-0.25, -0.2) is 0 Å². The van der Waals surface area contributed by atoms with Crippen molar-refractivity contribution in [2.24, 2.45) is 0 Å². The van der Waals surface area contributed by atoms with Crippen molar-refractivity contribution in [3.63, 3.8) is 0 Å². The summed E-state index contributed by atoms with van der Waals surface area (Å²) in [6.45, 7) is 2.13. The maximum atomic E-state index is 2.17. The van der Waals surface area contributed by atoms with Gasteiger partial charge < -0.3 is 0 Å². The van der Waals surface area contributed by atoms with Gasteiger partial charge in [0.25, 0.3) is 0 Å². The van der Waals surface area contributed by atoms with Crippen LogP contribution in [0.25, 0.3) is 12.2 Å². The normalized spacial score (nSPS) is 11.2. The predicted octanol–water partition coefficient (Wildman–Crippen LogP) is 4.29.